The fourth-order valence-corrected chi connectivity index (χ4v) is 5.56. The number of hydrogen-bond acceptors (Lipinski definition) is 1. The Hall–Kier alpha value is -0.620. The molecule has 29 heavy (non-hydrogen) atoms. The predicted octanol–water partition coefficient (Wildman–Crippen LogP) is 8.06. The minimum atomic E-state index is -3.70. The van der Waals surface area contributed by atoms with Crippen LogP contribution in [0.15, 0.2) is 12.1 Å². The summed E-state index contributed by atoms with van der Waals surface area (Å²) in [6.07, 6.45) is 11.6. The molecule has 1 aromatic carbocycles. The molecule has 6 heteroatoms. The summed E-state index contributed by atoms with van der Waals surface area (Å²) < 4.78 is 60.5. The Labute approximate surface area is 179 Å². The first-order valence-corrected chi connectivity index (χ1v) is 11.7. The Balaban J connectivity index is 1.46. The van der Waals surface area contributed by atoms with E-state index in [2.05, 4.69) is 22.9 Å². The van der Waals surface area contributed by atoms with E-state index in [9.17, 15) is 17.6 Å². The molecule has 2 aliphatic rings. The highest BCUT2D eigenvalue weighted by molar-refractivity contribution is 9.09. The maximum absolute atomic E-state index is 14.1. The SMILES string of the molecule is CCOC1CCC(CCC2CCC(c3cc(F)c(C(F)(F)Br)c(F)c3)CC2)CC1. The van der Waals surface area contributed by atoms with Gasteiger partial charge in [-0.3, -0.25) is 0 Å². The van der Waals surface area contributed by atoms with Gasteiger partial charge in [0.15, 0.2) is 0 Å². The lowest BCUT2D eigenvalue weighted by molar-refractivity contribution is 0.0239. The summed E-state index contributed by atoms with van der Waals surface area (Å²) >= 11 is 2.06. The third kappa shape index (κ3) is 6.19. The van der Waals surface area contributed by atoms with Gasteiger partial charge < -0.3 is 4.74 Å². The van der Waals surface area contributed by atoms with Gasteiger partial charge in [-0.1, -0.05) is 12.8 Å². The normalized spacial score (nSPS) is 28.5. The number of benzene rings is 1. The summed E-state index contributed by atoms with van der Waals surface area (Å²) in [7, 11) is 0. The topological polar surface area (TPSA) is 9.23 Å². The molecule has 1 nitrogen and oxygen atoms in total. The van der Waals surface area contributed by atoms with Gasteiger partial charge in [0.1, 0.15) is 17.2 Å². The lowest BCUT2D eigenvalue weighted by Gasteiger charge is -2.32. The van der Waals surface area contributed by atoms with Crippen molar-refractivity contribution in [2.45, 2.75) is 88.0 Å². The smallest absolute Gasteiger partial charge is 0.332 e. The van der Waals surface area contributed by atoms with E-state index in [1.54, 1.807) is 0 Å². The van der Waals surface area contributed by atoms with Crippen LogP contribution in [0.25, 0.3) is 0 Å². The van der Waals surface area contributed by atoms with Gasteiger partial charge in [-0.05, 0) is 110 Å². The first kappa shape index (κ1) is 23.1. The lowest BCUT2D eigenvalue weighted by Crippen LogP contribution is -2.22. The van der Waals surface area contributed by atoms with Crippen molar-refractivity contribution in [3.8, 4) is 0 Å². The van der Waals surface area contributed by atoms with Crippen molar-refractivity contribution < 1.29 is 22.3 Å². The number of ether oxygens (including phenoxy) is 1. The molecule has 2 aliphatic carbocycles. The zero-order chi connectivity index (χ0) is 21.0. The maximum Gasteiger partial charge on any atom is 0.332 e. The standard InChI is InChI=1S/C23H31BrF4O/c1-2-29-19-11-7-16(8-12-19)4-3-15-5-9-17(10-6-15)18-13-20(25)22(21(26)14-18)23(24,27)28/h13-17,19H,2-12H2,1H3. The molecular formula is C23H31BrF4O. The van der Waals surface area contributed by atoms with Crippen LogP contribution in [-0.4, -0.2) is 12.7 Å². The van der Waals surface area contributed by atoms with Crippen molar-refractivity contribution in [3.63, 3.8) is 0 Å². The average Bonchev–Trinajstić information content (AvgIpc) is 2.66. The van der Waals surface area contributed by atoms with E-state index in [0.717, 1.165) is 50.3 Å². The number of rotatable bonds is 7. The van der Waals surface area contributed by atoms with Crippen molar-refractivity contribution in [1.82, 2.24) is 0 Å². The molecule has 0 spiro atoms. The second-order valence-corrected chi connectivity index (χ2v) is 9.75. The minimum absolute atomic E-state index is 0.0508. The predicted molar refractivity (Wildman–Crippen MR) is 110 cm³/mol. The van der Waals surface area contributed by atoms with Crippen molar-refractivity contribution >= 4 is 15.9 Å². The minimum Gasteiger partial charge on any atom is -0.379 e. The van der Waals surface area contributed by atoms with Gasteiger partial charge in [-0.15, -0.1) is 0 Å². The molecular weight excluding hydrogens is 448 g/mol. The van der Waals surface area contributed by atoms with Crippen LogP contribution in [0.2, 0.25) is 0 Å². The van der Waals surface area contributed by atoms with Crippen LogP contribution in [0.3, 0.4) is 0 Å². The zero-order valence-corrected chi connectivity index (χ0v) is 18.6. The zero-order valence-electron chi connectivity index (χ0n) is 17.0. The highest BCUT2D eigenvalue weighted by Gasteiger charge is 2.35. The molecule has 2 saturated carbocycles. The molecule has 0 amide bonds. The van der Waals surface area contributed by atoms with Gasteiger partial charge in [-0.25, -0.2) is 8.78 Å². The summed E-state index contributed by atoms with van der Waals surface area (Å²) in [5, 5.41) is 0. The van der Waals surface area contributed by atoms with Crippen LogP contribution in [0.5, 0.6) is 0 Å². The van der Waals surface area contributed by atoms with E-state index in [-0.39, 0.29) is 5.92 Å². The van der Waals surface area contributed by atoms with E-state index in [0.29, 0.717) is 17.6 Å². The molecule has 1 aromatic rings. The molecule has 0 N–H and O–H groups in total. The number of alkyl halides is 3. The summed E-state index contributed by atoms with van der Waals surface area (Å²) in [6, 6.07) is 2.19. The molecule has 0 saturated heterocycles. The van der Waals surface area contributed by atoms with E-state index < -0.39 is 22.0 Å². The molecule has 0 atom stereocenters. The lowest BCUT2D eigenvalue weighted by atomic mass is 9.75. The van der Waals surface area contributed by atoms with E-state index in [1.807, 2.05) is 0 Å². The van der Waals surface area contributed by atoms with Crippen molar-refractivity contribution in [1.29, 1.82) is 0 Å². The molecule has 0 aromatic heterocycles. The molecule has 2 fully saturated rings. The molecule has 164 valence electrons. The van der Waals surface area contributed by atoms with Crippen LogP contribution in [-0.2, 0) is 9.57 Å². The Morgan fingerprint density at radius 2 is 1.38 bits per heavy atom. The van der Waals surface area contributed by atoms with E-state index >= 15 is 0 Å². The van der Waals surface area contributed by atoms with Crippen LogP contribution in [0.4, 0.5) is 17.6 Å². The maximum atomic E-state index is 14.1. The van der Waals surface area contributed by atoms with E-state index in [1.165, 1.54) is 38.5 Å². The van der Waals surface area contributed by atoms with Crippen LogP contribution >= 0.6 is 15.9 Å². The Kier molecular flexibility index (Phi) is 8.05. The van der Waals surface area contributed by atoms with Gasteiger partial charge in [0.2, 0.25) is 0 Å². The fourth-order valence-electron chi connectivity index (χ4n) is 5.18. The summed E-state index contributed by atoms with van der Waals surface area (Å²) in [4.78, 5) is -3.70. The van der Waals surface area contributed by atoms with Crippen molar-refractivity contribution in [3.05, 3.63) is 34.9 Å². The first-order chi connectivity index (χ1) is 13.8. The Bertz CT molecular complexity index is 636. The van der Waals surface area contributed by atoms with Gasteiger partial charge in [0, 0.05) is 6.61 Å². The second-order valence-electron chi connectivity index (χ2n) is 8.75. The number of halogens is 5. The molecule has 0 aliphatic heterocycles. The Morgan fingerprint density at radius 1 is 0.897 bits per heavy atom. The van der Waals surface area contributed by atoms with Crippen LogP contribution in [0, 0.1) is 23.5 Å². The summed E-state index contributed by atoms with van der Waals surface area (Å²) in [6.45, 7) is 2.85. The molecule has 0 unspecified atom stereocenters. The molecule has 0 bridgehead atoms. The highest BCUT2D eigenvalue weighted by Crippen LogP contribution is 2.42. The van der Waals surface area contributed by atoms with Gasteiger partial charge in [0.05, 0.1) is 6.10 Å². The van der Waals surface area contributed by atoms with E-state index in [4.69, 9.17) is 4.74 Å². The van der Waals surface area contributed by atoms with Crippen LogP contribution < -0.4 is 0 Å². The third-order valence-corrected chi connectivity index (χ3v) is 7.24. The monoisotopic (exact) mass is 478 g/mol. The quantitative estimate of drug-likeness (QED) is 0.284. The van der Waals surface area contributed by atoms with Crippen molar-refractivity contribution in [2.75, 3.05) is 6.61 Å². The second kappa shape index (κ2) is 10.1. The highest BCUT2D eigenvalue weighted by atomic mass is 79.9. The van der Waals surface area contributed by atoms with Crippen molar-refractivity contribution in [2.24, 2.45) is 11.8 Å². The molecule has 0 heterocycles. The number of hydrogen-bond donors (Lipinski definition) is 0. The summed E-state index contributed by atoms with van der Waals surface area (Å²) in [5.74, 6) is -0.837. The largest absolute Gasteiger partial charge is 0.379 e. The fraction of sp³-hybridized carbons (Fsp3) is 0.739. The van der Waals surface area contributed by atoms with Gasteiger partial charge >= 0.3 is 4.83 Å². The molecule has 0 radical (unpaired) electrons. The Morgan fingerprint density at radius 3 is 1.83 bits per heavy atom. The summed E-state index contributed by atoms with van der Waals surface area (Å²) in [5.41, 5.74) is -0.692. The third-order valence-electron chi connectivity index (χ3n) is 6.85. The molecule has 3 rings (SSSR count). The average molecular weight is 479 g/mol. The van der Waals surface area contributed by atoms with Gasteiger partial charge in [-0.2, -0.15) is 8.78 Å². The first-order valence-electron chi connectivity index (χ1n) is 11.0. The van der Waals surface area contributed by atoms with Gasteiger partial charge in [0.25, 0.3) is 0 Å². The van der Waals surface area contributed by atoms with Crippen LogP contribution in [0.1, 0.15) is 88.2 Å².